The molecule has 1 aromatic heterocycles. The fourth-order valence-electron chi connectivity index (χ4n) is 1.81. The average Bonchev–Trinajstić information content (AvgIpc) is 2.72. The van der Waals surface area contributed by atoms with E-state index in [1.54, 1.807) is 11.3 Å². The molecule has 4 heteroatoms. The Kier molecular flexibility index (Phi) is 3.84. The second kappa shape index (κ2) is 5.14. The van der Waals surface area contributed by atoms with Gasteiger partial charge in [0.05, 0.1) is 5.51 Å². The Labute approximate surface area is 93.3 Å². The Hall–Kier alpha value is -0.0600. The van der Waals surface area contributed by atoms with Gasteiger partial charge in [-0.1, -0.05) is 6.42 Å². The van der Waals surface area contributed by atoms with Gasteiger partial charge in [0.2, 0.25) is 0 Å². The third-order valence-electron chi connectivity index (χ3n) is 2.61. The molecule has 78 valence electrons. The van der Waals surface area contributed by atoms with E-state index in [1.807, 2.05) is 11.7 Å². The van der Waals surface area contributed by atoms with E-state index in [2.05, 4.69) is 16.7 Å². The molecule has 2 nitrogen and oxygen atoms in total. The van der Waals surface area contributed by atoms with Gasteiger partial charge in [-0.2, -0.15) is 11.8 Å². The molecule has 1 saturated heterocycles. The quantitative estimate of drug-likeness (QED) is 0.863. The number of hydrogen-bond acceptors (Lipinski definition) is 4. The van der Waals surface area contributed by atoms with E-state index in [-0.39, 0.29) is 0 Å². The lowest BCUT2D eigenvalue weighted by Crippen LogP contribution is -2.35. The van der Waals surface area contributed by atoms with Crippen LogP contribution in [0.4, 0.5) is 0 Å². The smallest absolute Gasteiger partial charge is 0.0794 e. The van der Waals surface area contributed by atoms with Gasteiger partial charge >= 0.3 is 0 Å². The van der Waals surface area contributed by atoms with Crippen molar-refractivity contribution in [3.8, 4) is 0 Å². The number of nitrogens with two attached hydrogens (primary N) is 1. The summed E-state index contributed by atoms with van der Waals surface area (Å²) in [4.78, 5) is 5.40. The standard InChI is InChI=1S/C10H16N2S2/c11-9(5-8-6-12-7-14-8)10-3-1-2-4-13-10/h6-7,9-10H,1-5,11H2. The maximum atomic E-state index is 6.20. The summed E-state index contributed by atoms with van der Waals surface area (Å²) >= 11 is 3.77. The summed E-state index contributed by atoms with van der Waals surface area (Å²) in [5.41, 5.74) is 8.08. The third-order valence-corrected chi connectivity index (χ3v) is 4.95. The van der Waals surface area contributed by atoms with Gasteiger partial charge in [-0.25, -0.2) is 0 Å². The number of aromatic nitrogens is 1. The van der Waals surface area contributed by atoms with Crippen molar-refractivity contribution in [3.63, 3.8) is 0 Å². The van der Waals surface area contributed by atoms with Crippen LogP contribution in [0.25, 0.3) is 0 Å². The predicted octanol–water partition coefficient (Wildman–Crippen LogP) is 2.30. The molecule has 2 N–H and O–H groups in total. The lowest BCUT2D eigenvalue weighted by atomic mass is 10.0. The summed E-state index contributed by atoms with van der Waals surface area (Å²) in [6.07, 6.45) is 6.97. The highest BCUT2D eigenvalue weighted by Gasteiger charge is 2.21. The number of rotatable bonds is 3. The molecule has 1 aromatic rings. The van der Waals surface area contributed by atoms with Crippen LogP contribution in [-0.2, 0) is 6.42 Å². The van der Waals surface area contributed by atoms with E-state index in [1.165, 1.54) is 29.9 Å². The minimum atomic E-state index is 0.320. The predicted molar refractivity (Wildman–Crippen MR) is 63.9 cm³/mol. The van der Waals surface area contributed by atoms with Gasteiger partial charge in [-0.3, -0.25) is 4.98 Å². The number of thiazole rings is 1. The molecule has 0 bridgehead atoms. The molecule has 1 fully saturated rings. The van der Waals surface area contributed by atoms with Gasteiger partial charge in [-0.15, -0.1) is 11.3 Å². The maximum Gasteiger partial charge on any atom is 0.0794 e. The van der Waals surface area contributed by atoms with E-state index in [4.69, 9.17) is 5.73 Å². The van der Waals surface area contributed by atoms with Crippen LogP contribution >= 0.6 is 23.1 Å². The highest BCUT2D eigenvalue weighted by molar-refractivity contribution is 8.00. The van der Waals surface area contributed by atoms with Gasteiger partial charge in [0.25, 0.3) is 0 Å². The first kappa shape index (κ1) is 10.5. The Morgan fingerprint density at radius 1 is 1.57 bits per heavy atom. The molecule has 0 aromatic carbocycles. The molecule has 2 rings (SSSR count). The molecule has 14 heavy (non-hydrogen) atoms. The first-order chi connectivity index (χ1) is 6.86. The summed E-state index contributed by atoms with van der Waals surface area (Å²) in [6, 6.07) is 0.320. The van der Waals surface area contributed by atoms with Crippen molar-refractivity contribution in [2.45, 2.75) is 37.0 Å². The first-order valence-electron chi connectivity index (χ1n) is 5.11. The van der Waals surface area contributed by atoms with E-state index >= 15 is 0 Å². The van der Waals surface area contributed by atoms with Crippen LogP contribution in [0.3, 0.4) is 0 Å². The molecule has 1 aliphatic rings. The largest absolute Gasteiger partial charge is 0.326 e. The zero-order chi connectivity index (χ0) is 9.80. The lowest BCUT2D eigenvalue weighted by Gasteiger charge is -2.26. The van der Waals surface area contributed by atoms with Crippen LogP contribution in [-0.4, -0.2) is 22.0 Å². The molecular weight excluding hydrogens is 212 g/mol. The van der Waals surface area contributed by atoms with Crippen LogP contribution in [0.1, 0.15) is 24.1 Å². The van der Waals surface area contributed by atoms with E-state index in [0.29, 0.717) is 11.3 Å². The Bertz CT molecular complexity index is 255. The summed E-state index contributed by atoms with van der Waals surface area (Å²) in [7, 11) is 0. The van der Waals surface area contributed by atoms with Gasteiger partial charge in [0.1, 0.15) is 0 Å². The maximum absolute atomic E-state index is 6.20. The van der Waals surface area contributed by atoms with Crippen molar-refractivity contribution >= 4 is 23.1 Å². The second-order valence-electron chi connectivity index (χ2n) is 3.74. The van der Waals surface area contributed by atoms with Crippen molar-refractivity contribution in [3.05, 3.63) is 16.6 Å². The van der Waals surface area contributed by atoms with Crippen LogP contribution in [0, 0.1) is 0 Å². The fourth-order valence-corrected chi connectivity index (χ4v) is 3.83. The van der Waals surface area contributed by atoms with Crippen molar-refractivity contribution in [1.29, 1.82) is 0 Å². The monoisotopic (exact) mass is 228 g/mol. The molecule has 0 aliphatic carbocycles. The molecule has 0 radical (unpaired) electrons. The molecule has 2 atom stereocenters. The highest BCUT2D eigenvalue weighted by Crippen LogP contribution is 2.28. The molecule has 1 aliphatic heterocycles. The zero-order valence-electron chi connectivity index (χ0n) is 8.19. The zero-order valence-corrected chi connectivity index (χ0v) is 9.82. The highest BCUT2D eigenvalue weighted by atomic mass is 32.2. The van der Waals surface area contributed by atoms with E-state index in [0.717, 1.165) is 6.42 Å². The summed E-state index contributed by atoms with van der Waals surface area (Å²) in [6.45, 7) is 0. The molecular formula is C10H16N2S2. The first-order valence-corrected chi connectivity index (χ1v) is 7.03. The minimum absolute atomic E-state index is 0.320. The Balaban J connectivity index is 1.85. The number of thioether (sulfide) groups is 1. The lowest BCUT2D eigenvalue weighted by molar-refractivity contribution is 0.562. The number of nitrogens with zero attached hydrogens (tertiary/aromatic N) is 1. The normalized spacial score (nSPS) is 24.8. The van der Waals surface area contributed by atoms with Crippen molar-refractivity contribution in [1.82, 2.24) is 4.98 Å². The van der Waals surface area contributed by atoms with Crippen LogP contribution in [0.15, 0.2) is 11.7 Å². The summed E-state index contributed by atoms with van der Waals surface area (Å²) < 4.78 is 0. The fraction of sp³-hybridized carbons (Fsp3) is 0.700. The van der Waals surface area contributed by atoms with Crippen LogP contribution in [0.2, 0.25) is 0 Å². The van der Waals surface area contributed by atoms with Crippen LogP contribution < -0.4 is 5.73 Å². The Morgan fingerprint density at radius 2 is 2.50 bits per heavy atom. The SMILES string of the molecule is NC(Cc1cncs1)C1CCCCS1. The minimum Gasteiger partial charge on any atom is -0.326 e. The van der Waals surface area contributed by atoms with Gasteiger partial charge in [0.15, 0.2) is 0 Å². The molecule has 0 amide bonds. The second-order valence-corrected chi connectivity index (χ2v) is 6.06. The van der Waals surface area contributed by atoms with Gasteiger partial charge in [0, 0.05) is 22.4 Å². The third kappa shape index (κ3) is 2.72. The number of hydrogen-bond donors (Lipinski definition) is 1. The average molecular weight is 228 g/mol. The van der Waals surface area contributed by atoms with Crippen molar-refractivity contribution in [2.75, 3.05) is 5.75 Å². The topological polar surface area (TPSA) is 38.9 Å². The van der Waals surface area contributed by atoms with Gasteiger partial charge < -0.3 is 5.73 Å². The van der Waals surface area contributed by atoms with Crippen LogP contribution in [0.5, 0.6) is 0 Å². The molecule has 2 heterocycles. The summed E-state index contributed by atoms with van der Waals surface area (Å²) in [5, 5.41) is 0.672. The molecule has 2 unspecified atom stereocenters. The Morgan fingerprint density at radius 3 is 3.14 bits per heavy atom. The molecule has 0 spiro atoms. The summed E-state index contributed by atoms with van der Waals surface area (Å²) in [5.74, 6) is 1.29. The van der Waals surface area contributed by atoms with Crippen molar-refractivity contribution < 1.29 is 0 Å². The van der Waals surface area contributed by atoms with E-state index in [9.17, 15) is 0 Å². The van der Waals surface area contributed by atoms with Gasteiger partial charge in [-0.05, 0) is 25.0 Å². The van der Waals surface area contributed by atoms with E-state index < -0.39 is 0 Å². The van der Waals surface area contributed by atoms with Crippen molar-refractivity contribution in [2.24, 2.45) is 5.73 Å². The molecule has 0 saturated carbocycles.